The molecule has 1 saturated heterocycles. The summed E-state index contributed by atoms with van der Waals surface area (Å²) in [6, 6.07) is 49.7. The molecule has 2 aliphatic rings. The van der Waals surface area contributed by atoms with Crippen molar-refractivity contribution in [2.24, 2.45) is 0 Å². The lowest BCUT2D eigenvalue weighted by Gasteiger charge is -2.62. The van der Waals surface area contributed by atoms with E-state index < -0.39 is 39.5 Å². The van der Waals surface area contributed by atoms with E-state index in [9.17, 15) is 10.1 Å². The molecule has 1 unspecified atom stereocenters. The summed E-state index contributed by atoms with van der Waals surface area (Å²) < 4.78 is 0. The third kappa shape index (κ3) is 4.15. The van der Waals surface area contributed by atoms with E-state index in [-0.39, 0.29) is 5.69 Å². The largest absolute Gasteiger partial charge is 0.290 e. The van der Waals surface area contributed by atoms with Gasteiger partial charge in [-0.1, -0.05) is 140 Å². The number of hydrogen-bond acceptors (Lipinski definition) is 5. The van der Waals surface area contributed by atoms with Crippen molar-refractivity contribution in [2.45, 2.75) is 16.9 Å². The van der Waals surface area contributed by atoms with Crippen LogP contribution >= 0.6 is 0 Å². The van der Waals surface area contributed by atoms with Gasteiger partial charge in [-0.3, -0.25) is 29.4 Å². The number of benzene rings is 6. The number of imide groups is 1. The first-order valence-corrected chi connectivity index (χ1v) is 16.2. The molecular formula is C42H29N3O5. The lowest BCUT2D eigenvalue weighted by Crippen LogP contribution is -2.82. The number of β-lactam (4-membered cyclic amide) rings is 1. The van der Waals surface area contributed by atoms with Crippen LogP contribution in [0.25, 0.3) is 0 Å². The van der Waals surface area contributed by atoms with Gasteiger partial charge in [0.15, 0.2) is 5.54 Å². The number of amides is 3. The minimum atomic E-state index is -1.78. The van der Waals surface area contributed by atoms with Gasteiger partial charge in [-0.15, -0.1) is 0 Å². The molecule has 6 aromatic rings. The molecule has 2 heterocycles. The summed E-state index contributed by atoms with van der Waals surface area (Å²) in [6.07, 6.45) is 0. The summed E-state index contributed by atoms with van der Waals surface area (Å²) in [5.41, 5.74) is 0.179. The number of fused-ring (bicyclic) bond motifs is 2. The van der Waals surface area contributed by atoms with Crippen LogP contribution in [0.4, 0.5) is 17.1 Å². The lowest BCUT2D eigenvalue weighted by molar-refractivity contribution is -0.384. The number of carbonyl (C=O) groups excluding carboxylic acids is 3. The van der Waals surface area contributed by atoms with Crippen LogP contribution in [0.3, 0.4) is 0 Å². The highest BCUT2D eigenvalue weighted by molar-refractivity contribution is 6.34. The molecule has 0 N–H and O–H groups in total. The normalized spacial score (nSPS) is 17.5. The average Bonchev–Trinajstić information content (AvgIpc) is 3.43. The maximum absolute atomic E-state index is 15.8. The molecule has 8 heteroatoms. The molecule has 50 heavy (non-hydrogen) atoms. The Hall–Kier alpha value is -6.67. The Bertz CT molecular complexity index is 2180. The number of hydrogen-bond donors (Lipinski definition) is 0. The maximum Gasteiger partial charge on any atom is 0.269 e. The number of rotatable bonds is 7. The van der Waals surface area contributed by atoms with Gasteiger partial charge < -0.3 is 0 Å². The molecule has 8 rings (SSSR count). The zero-order valence-corrected chi connectivity index (χ0v) is 26.6. The number of nitro benzene ring substituents is 1. The second kappa shape index (κ2) is 11.8. The standard InChI is InChI=1S/C42H29N3O5/c46-38(37(29-15-5-1-6-16-29)30-17-7-2-8-18-30)43-36-24-14-13-23-35(36)42(40(43)48)41(31-19-9-3-10-20-31,32-21-11-4-12-22-32)39(47)44(42)33-25-27-34(28-26-33)45(49)50/h1-28,37H. The van der Waals surface area contributed by atoms with Crippen LogP contribution in [0.15, 0.2) is 170 Å². The Kier molecular flexibility index (Phi) is 7.22. The Labute approximate surface area is 288 Å². The molecule has 0 saturated carbocycles. The van der Waals surface area contributed by atoms with E-state index in [4.69, 9.17) is 0 Å². The van der Waals surface area contributed by atoms with Crippen LogP contribution in [-0.4, -0.2) is 22.6 Å². The first kappa shape index (κ1) is 30.7. The second-order valence-corrected chi connectivity index (χ2v) is 12.4. The highest BCUT2D eigenvalue weighted by Gasteiger charge is 2.81. The van der Waals surface area contributed by atoms with Crippen LogP contribution in [0.5, 0.6) is 0 Å². The first-order valence-electron chi connectivity index (χ1n) is 16.2. The predicted molar refractivity (Wildman–Crippen MR) is 190 cm³/mol. The fourth-order valence-electron chi connectivity index (χ4n) is 7.89. The van der Waals surface area contributed by atoms with Gasteiger partial charge in [0.25, 0.3) is 11.6 Å². The topological polar surface area (TPSA) is 101 Å². The van der Waals surface area contributed by atoms with Crippen molar-refractivity contribution in [1.29, 1.82) is 0 Å². The monoisotopic (exact) mass is 655 g/mol. The molecule has 8 nitrogen and oxygen atoms in total. The van der Waals surface area contributed by atoms with Gasteiger partial charge in [0, 0.05) is 23.4 Å². The van der Waals surface area contributed by atoms with Crippen molar-refractivity contribution in [2.75, 3.05) is 9.80 Å². The van der Waals surface area contributed by atoms with E-state index in [2.05, 4.69) is 0 Å². The molecule has 6 aromatic carbocycles. The highest BCUT2D eigenvalue weighted by atomic mass is 16.6. The lowest BCUT2D eigenvalue weighted by atomic mass is 9.51. The van der Waals surface area contributed by atoms with E-state index in [0.29, 0.717) is 39.2 Å². The third-order valence-electron chi connectivity index (χ3n) is 9.91. The third-order valence-corrected chi connectivity index (χ3v) is 9.91. The fourth-order valence-corrected chi connectivity index (χ4v) is 7.89. The van der Waals surface area contributed by atoms with E-state index in [1.807, 2.05) is 121 Å². The van der Waals surface area contributed by atoms with Gasteiger partial charge in [-0.25, -0.2) is 4.90 Å². The maximum atomic E-state index is 15.8. The fraction of sp³-hybridized carbons (Fsp3) is 0.0714. The minimum absolute atomic E-state index is 0.156. The van der Waals surface area contributed by atoms with Crippen molar-refractivity contribution >= 4 is 34.8 Å². The van der Waals surface area contributed by atoms with Crippen LogP contribution in [0.1, 0.15) is 33.7 Å². The van der Waals surface area contributed by atoms with Crippen molar-refractivity contribution in [1.82, 2.24) is 0 Å². The summed E-state index contributed by atoms with van der Waals surface area (Å²) in [5.74, 6) is -2.29. The molecule has 0 bridgehead atoms. The number of nitro groups is 1. The Morgan fingerprint density at radius 3 is 1.54 bits per heavy atom. The van der Waals surface area contributed by atoms with Gasteiger partial charge >= 0.3 is 0 Å². The zero-order chi connectivity index (χ0) is 34.5. The number of carbonyl (C=O) groups is 3. The Balaban J connectivity index is 1.42. The van der Waals surface area contributed by atoms with Gasteiger partial charge in [-0.05, 0) is 40.5 Å². The number of anilines is 2. The first-order chi connectivity index (χ1) is 24.4. The second-order valence-electron chi connectivity index (χ2n) is 12.4. The van der Waals surface area contributed by atoms with Gasteiger partial charge in [0.1, 0.15) is 5.41 Å². The number of non-ortho nitro benzene ring substituents is 1. The summed E-state index contributed by atoms with van der Waals surface area (Å²) in [5, 5.41) is 11.6. The van der Waals surface area contributed by atoms with Crippen molar-refractivity contribution in [3.63, 3.8) is 0 Å². The Morgan fingerprint density at radius 2 is 1.04 bits per heavy atom. The molecule has 2 aliphatic heterocycles. The molecule has 1 fully saturated rings. The van der Waals surface area contributed by atoms with Crippen LogP contribution in [0, 0.1) is 10.1 Å². The molecule has 1 spiro atoms. The van der Waals surface area contributed by atoms with E-state index >= 15 is 14.4 Å². The Morgan fingerprint density at radius 1 is 0.580 bits per heavy atom. The van der Waals surface area contributed by atoms with Gasteiger partial charge in [-0.2, -0.15) is 0 Å². The SMILES string of the molecule is O=C(C(c1ccccc1)c1ccccc1)N1C(=O)C2(c3ccccc31)N(c1ccc([N+](=O)[O-])cc1)C(=O)C2(c1ccccc1)c1ccccc1. The van der Waals surface area contributed by atoms with Crippen LogP contribution in [-0.2, 0) is 25.3 Å². The number of para-hydroxylation sites is 1. The van der Waals surface area contributed by atoms with Crippen molar-refractivity contribution < 1.29 is 19.3 Å². The average molecular weight is 656 g/mol. The molecule has 1 atom stereocenters. The van der Waals surface area contributed by atoms with Gasteiger partial charge in [0.05, 0.1) is 16.5 Å². The predicted octanol–water partition coefficient (Wildman–Crippen LogP) is 7.53. The molecule has 3 amide bonds. The van der Waals surface area contributed by atoms with Crippen LogP contribution < -0.4 is 9.80 Å². The quantitative estimate of drug-likeness (QED) is 0.101. The molecule has 242 valence electrons. The summed E-state index contributed by atoms with van der Waals surface area (Å²) in [4.78, 5) is 60.0. The molecule has 0 aromatic heterocycles. The van der Waals surface area contributed by atoms with Crippen molar-refractivity contribution in [3.05, 3.63) is 208 Å². The van der Waals surface area contributed by atoms with E-state index in [0.717, 1.165) is 0 Å². The molecule has 0 aliphatic carbocycles. The summed E-state index contributed by atoms with van der Waals surface area (Å²) >= 11 is 0. The van der Waals surface area contributed by atoms with E-state index in [1.54, 1.807) is 24.3 Å². The number of nitrogens with zero attached hydrogens (tertiary/aromatic N) is 3. The molecular weight excluding hydrogens is 626 g/mol. The summed E-state index contributed by atoms with van der Waals surface area (Å²) in [7, 11) is 0. The van der Waals surface area contributed by atoms with Gasteiger partial charge in [0.2, 0.25) is 11.8 Å². The summed E-state index contributed by atoms with van der Waals surface area (Å²) in [6.45, 7) is 0. The van der Waals surface area contributed by atoms with Crippen LogP contribution in [0.2, 0.25) is 0 Å². The smallest absolute Gasteiger partial charge is 0.269 e. The van der Waals surface area contributed by atoms with E-state index in [1.165, 1.54) is 34.1 Å². The highest BCUT2D eigenvalue weighted by Crippen LogP contribution is 2.66. The minimum Gasteiger partial charge on any atom is -0.290 e. The zero-order valence-electron chi connectivity index (χ0n) is 26.6. The van der Waals surface area contributed by atoms with Crippen molar-refractivity contribution in [3.8, 4) is 0 Å². The molecule has 0 radical (unpaired) electrons.